The molecule has 0 aromatic carbocycles. The van der Waals surface area contributed by atoms with Gasteiger partial charge in [-0.25, -0.2) is 0 Å². The van der Waals surface area contributed by atoms with Gasteiger partial charge in [0.1, 0.15) is 0 Å². The summed E-state index contributed by atoms with van der Waals surface area (Å²) < 4.78 is 11.5. The van der Waals surface area contributed by atoms with Crippen LogP contribution in [0.2, 0.25) is 0 Å². The maximum absolute atomic E-state index is 5.93. The molecule has 0 amide bonds. The number of halogens is 9. The predicted octanol–water partition coefficient (Wildman–Crippen LogP) is 7.47. The molecular formula is C12H18BCl9O3. The quantitative estimate of drug-likeness (QED) is 0.259. The minimum atomic E-state index is -1.83. The fourth-order valence-electron chi connectivity index (χ4n) is 0.994. The van der Waals surface area contributed by atoms with Gasteiger partial charge in [-0.15, -0.1) is 0 Å². The molecule has 25 heavy (non-hydrogen) atoms. The van der Waals surface area contributed by atoms with Gasteiger partial charge in [0.25, 0.3) is 0 Å². The van der Waals surface area contributed by atoms with Crippen LogP contribution in [-0.2, 0) is 14.0 Å². The lowest BCUT2D eigenvalue weighted by molar-refractivity contribution is -0.0618. The van der Waals surface area contributed by atoms with Gasteiger partial charge in [0.05, 0.1) is 16.8 Å². The number of alkyl halides is 9. The van der Waals surface area contributed by atoms with E-state index < -0.39 is 35.5 Å². The SMILES string of the molecule is CC(C)(OB(OC(C)(C)C(Cl)(Cl)Cl)OC(C)(C)C(Cl)(Cl)Cl)C(Cl)(Cl)Cl. The van der Waals surface area contributed by atoms with E-state index in [0.717, 1.165) is 0 Å². The molecule has 0 bridgehead atoms. The van der Waals surface area contributed by atoms with Crippen molar-refractivity contribution in [3.63, 3.8) is 0 Å². The number of hydrogen-bond acceptors (Lipinski definition) is 3. The normalized spacial score (nSPS) is 15.5. The molecule has 0 radical (unpaired) electrons. The smallest absolute Gasteiger partial charge is 0.376 e. The zero-order valence-corrected chi connectivity index (χ0v) is 21.0. The molecule has 0 fully saturated rings. The molecule has 0 saturated heterocycles. The summed E-state index contributed by atoms with van der Waals surface area (Å²) >= 11 is 53.4. The van der Waals surface area contributed by atoms with Crippen LogP contribution in [0.5, 0.6) is 0 Å². The summed E-state index contributed by atoms with van der Waals surface area (Å²) in [5.74, 6) is 0. The topological polar surface area (TPSA) is 27.7 Å². The van der Waals surface area contributed by atoms with E-state index in [1.165, 1.54) is 41.5 Å². The van der Waals surface area contributed by atoms with Crippen LogP contribution in [0.4, 0.5) is 0 Å². The molecular weight excluding hydrogens is 522 g/mol. The van der Waals surface area contributed by atoms with Crippen molar-refractivity contribution >= 4 is 112 Å². The van der Waals surface area contributed by atoms with Crippen LogP contribution in [0.15, 0.2) is 0 Å². The van der Waals surface area contributed by atoms with Crippen molar-refractivity contribution in [3.05, 3.63) is 0 Å². The Hall–Kier alpha value is 2.55. The van der Waals surface area contributed by atoms with Crippen LogP contribution < -0.4 is 0 Å². The van der Waals surface area contributed by atoms with Crippen molar-refractivity contribution in [2.45, 2.75) is 69.7 Å². The summed E-state index contributed by atoms with van der Waals surface area (Å²) in [6.45, 7) is 9.03. The highest BCUT2D eigenvalue weighted by Gasteiger charge is 2.54. The van der Waals surface area contributed by atoms with Crippen molar-refractivity contribution in [2.75, 3.05) is 0 Å². The summed E-state index contributed by atoms with van der Waals surface area (Å²) in [6, 6.07) is 0. The van der Waals surface area contributed by atoms with E-state index in [4.69, 9.17) is 118 Å². The maximum atomic E-state index is 5.93. The average molecular weight is 540 g/mol. The van der Waals surface area contributed by atoms with Gasteiger partial charge in [0.15, 0.2) is 0 Å². The van der Waals surface area contributed by atoms with Crippen molar-refractivity contribution in [3.8, 4) is 0 Å². The molecule has 0 saturated carbocycles. The summed E-state index contributed by atoms with van der Waals surface area (Å²) in [4.78, 5) is 0. The van der Waals surface area contributed by atoms with E-state index in [-0.39, 0.29) is 0 Å². The van der Waals surface area contributed by atoms with E-state index >= 15 is 0 Å². The zero-order chi connectivity index (χ0) is 20.7. The van der Waals surface area contributed by atoms with Crippen molar-refractivity contribution < 1.29 is 14.0 Å². The lowest BCUT2D eigenvalue weighted by Crippen LogP contribution is -2.55. The fourth-order valence-corrected chi connectivity index (χ4v) is 1.40. The Bertz CT molecular complexity index is 386. The Labute approximate surface area is 194 Å². The van der Waals surface area contributed by atoms with Gasteiger partial charge in [0.2, 0.25) is 11.4 Å². The molecule has 0 aliphatic rings. The minimum absolute atomic E-state index is 1.37. The van der Waals surface area contributed by atoms with Crippen molar-refractivity contribution in [1.82, 2.24) is 0 Å². The second kappa shape index (κ2) is 8.74. The van der Waals surface area contributed by atoms with E-state index in [1.54, 1.807) is 0 Å². The predicted molar refractivity (Wildman–Crippen MR) is 112 cm³/mol. The van der Waals surface area contributed by atoms with Gasteiger partial charge in [-0.2, -0.15) is 0 Å². The molecule has 0 aromatic heterocycles. The Morgan fingerprint density at radius 2 is 0.600 bits per heavy atom. The van der Waals surface area contributed by atoms with E-state index in [1.807, 2.05) is 0 Å². The first-order chi connectivity index (χ1) is 10.5. The van der Waals surface area contributed by atoms with E-state index in [9.17, 15) is 0 Å². The van der Waals surface area contributed by atoms with Crippen molar-refractivity contribution in [2.24, 2.45) is 0 Å². The summed E-state index contributed by atoms with van der Waals surface area (Å²) in [5, 5.41) is 0. The standard InChI is InChI=1S/C12H18BCl9O3/c1-7(2,10(14,15)16)23-13(24-8(3,4)11(17,18)19)25-9(5,6)12(20,21)22/h1-6H3. The summed E-state index contributed by atoms with van der Waals surface area (Å²) in [6.07, 6.45) is 0. The third-order valence-electron chi connectivity index (χ3n) is 3.22. The lowest BCUT2D eigenvalue weighted by Gasteiger charge is -2.42. The van der Waals surface area contributed by atoms with Crippen LogP contribution in [0.25, 0.3) is 0 Å². The summed E-state index contributed by atoms with van der Waals surface area (Å²) in [5.41, 5.74) is -4.10. The molecule has 0 unspecified atom stereocenters. The summed E-state index contributed by atoms with van der Waals surface area (Å²) in [7, 11) is -1.50. The van der Waals surface area contributed by atoms with Gasteiger partial charge in [0, 0.05) is 0 Å². The highest BCUT2D eigenvalue weighted by molar-refractivity contribution is 6.69. The van der Waals surface area contributed by atoms with Gasteiger partial charge in [-0.05, 0) is 41.5 Å². The molecule has 0 rings (SSSR count). The Kier molecular flexibility index (Phi) is 9.63. The third kappa shape index (κ3) is 8.07. The largest absolute Gasteiger partial charge is 0.641 e. The van der Waals surface area contributed by atoms with Gasteiger partial charge >= 0.3 is 7.32 Å². The Morgan fingerprint density at radius 3 is 0.720 bits per heavy atom. The maximum Gasteiger partial charge on any atom is 0.641 e. The van der Waals surface area contributed by atoms with Crippen LogP contribution in [-0.4, -0.2) is 35.5 Å². The number of hydrogen-bond donors (Lipinski definition) is 0. The van der Waals surface area contributed by atoms with Gasteiger partial charge < -0.3 is 14.0 Å². The van der Waals surface area contributed by atoms with Crippen molar-refractivity contribution in [1.29, 1.82) is 0 Å². The van der Waals surface area contributed by atoms with E-state index in [0.29, 0.717) is 0 Å². The second-order valence-corrected chi connectivity index (χ2v) is 13.5. The van der Waals surface area contributed by atoms with Crippen LogP contribution >= 0.6 is 104 Å². The second-order valence-electron chi connectivity index (χ2n) is 6.67. The molecule has 150 valence electrons. The molecule has 0 atom stereocenters. The monoisotopic (exact) mass is 536 g/mol. The zero-order valence-electron chi connectivity index (χ0n) is 14.2. The molecule has 3 nitrogen and oxygen atoms in total. The third-order valence-corrected chi connectivity index (χ3v) is 7.32. The molecule has 0 spiro atoms. The first kappa shape index (κ1) is 27.6. The highest BCUT2D eigenvalue weighted by Crippen LogP contribution is 2.46. The van der Waals surface area contributed by atoms with Crippen LogP contribution in [0.3, 0.4) is 0 Å². The first-order valence-electron chi connectivity index (χ1n) is 6.77. The Morgan fingerprint density at radius 1 is 0.440 bits per heavy atom. The van der Waals surface area contributed by atoms with Crippen LogP contribution in [0.1, 0.15) is 41.5 Å². The van der Waals surface area contributed by atoms with Gasteiger partial charge in [-0.1, -0.05) is 104 Å². The molecule has 13 heteroatoms. The lowest BCUT2D eigenvalue weighted by atomic mass is 10.0. The number of rotatable bonds is 6. The van der Waals surface area contributed by atoms with E-state index in [2.05, 4.69) is 0 Å². The molecule has 0 heterocycles. The average Bonchev–Trinajstić information content (AvgIpc) is 2.21. The first-order valence-corrected chi connectivity index (χ1v) is 10.2. The van der Waals surface area contributed by atoms with Gasteiger partial charge in [-0.3, -0.25) is 0 Å². The van der Waals surface area contributed by atoms with Crippen LogP contribution in [0, 0.1) is 0 Å². The Balaban J connectivity index is 5.70. The highest BCUT2D eigenvalue weighted by atomic mass is 35.6. The molecule has 0 N–H and O–H groups in total. The fraction of sp³-hybridized carbons (Fsp3) is 1.00. The molecule has 0 aromatic rings. The molecule has 0 aliphatic carbocycles. The minimum Gasteiger partial charge on any atom is -0.376 e. The molecule has 0 aliphatic heterocycles.